The number of hydrogen-bond donors (Lipinski definition) is 1. The molecule has 0 aliphatic carbocycles. The molecule has 1 aromatic carbocycles. The summed E-state index contributed by atoms with van der Waals surface area (Å²) < 4.78 is 5.37. The average Bonchev–Trinajstić information content (AvgIpc) is 2.20. The van der Waals surface area contributed by atoms with Crippen LogP contribution in [-0.2, 0) is 0 Å². The zero-order chi connectivity index (χ0) is 11.3. The maximum absolute atomic E-state index is 6.02. The van der Waals surface area contributed by atoms with Gasteiger partial charge in [0.1, 0.15) is 12.4 Å². The molecule has 1 aromatic rings. The summed E-state index contributed by atoms with van der Waals surface area (Å²) in [5, 5.41) is 0.572. The van der Waals surface area contributed by atoms with Crippen molar-refractivity contribution < 1.29 is 4.74 Å². The molecule has 0 aromatic heterocycles. The Morgan fingerprint density at radius 3 is 2.80 bits per heavy atom. The summed E-state index contributed by atoms with van der Waals surface area (Å²) in [5.74, 6) is 6.20. The Balaban J connectivity index is 2.77. The molecule has 2 N–H and O–H groups in total. The molecule has 0 amide bonds. The van der Waals surface area contributed by atoms with Crippen LogP contribution in [0.25, 0.3) is 0 Å². The van der Waals surface area contributed by atoms with Crippen molar-refractivity contribution in [3.05, 3.63) is 28.8 Å². The predicted molar refractivity (Wildman–Crippen MR) is 63.0 cm³/mol. The third-order valence-electron chi connectivity index (χ3n) is 1.96. The molecular weight excluding hydrogens is 210 g/mol. The molecule has 0 aliphatic rings. The highest BCUT2D eigenvalue weighted by atomic mass is 35.5. The maximum Gasteiger partial charge on any atom is 0.149 e. The molecule has 80 valence electrons. The number of ether oxygens (including phenoxy) is 1. The van der Waals surface area contributed by atoms with Crippen molar-refractivity contribution >= 4 is 11.6 Å². The van der Waals surface area contributed by atoms with Crippen LogP contribution >= 0.6 is 11.6 Å². The van der Waals surface area contributed by atoms with Crippen molar-refractivity contribution in [1.82, 2.24) is 0 Å². The number of hydrogen-bond acceptors (Lipinski definition) is 2. The summed E-state index contributed by atoms with van der Waals surface area (Å²) in [6.45, 7) is 4.03. The van der Waals surface area contributed by atoms with Crippen molar-refractivity contribution in [3.63, 3.8) is 0 Å². The first-order valence-electron chi connectivity index (χ1n) is 4.72. The largest absolute Gasteiger partial charge is 0.479 e. The molecule has 2 nitrogen and oxygen atoms in total. The second-order valence-corrected chi connectivity index (χ2v) is 3.60. The summed E-state index contributed by atoms with van der Waals surface area (Å²) in [4.78, 5) is 0. The predicted octanol–water partition coefficient (Wildman–Crippen LogP) is 2.76. The molecule has 0 radical (unpaired) electrons. The van der Waals surface area contributed by atoms with Crippen LogP contribution in [0.2, 0.25) is 5.02 Å². The second kappa shape index (κ2) is 5.65. The van der Waals surface area contributed by atoms with Gasteiger partial charge in [0.15, 0.2) is 0 Å². The number of benzene rings is 1. The van der Waals surface area contributed by atoms with Gasteiger partial charge < -0.3 is 10.5 Å². The molecule has 0 aliphatic heterocycles. The highest BCUT2D eigenvalue weighted by Gasteiger charge is 2.05. The van der Waals surface area contributed by atoms with E-state index in [1.807, 2.05) is 25.1 Å². The quantitative estimate of drug-likeness (QED) is 0.800. The van der Waals surface area contributed by atoms with Crippen LogP contribution in [0.5, 0.6) is 5.75 Å². The van der Waals surface area contributed by atoms with E-state index in [2.05, 4.69) is 11.8 Å². The Kier molecular flexibility index (Phi) is 4.48. The van der Waals surface area contributed by atoms with Gasteiger partial charge in [0.2, 0.25) is 0 Å². The van der Waals surface area contributed by atoms with Crippen LogP contribution < -0.4 is 10.5 Å². The lowest BCUT2D eigenvalue weighted by Crippen LogP contribution is -2.05. The number of nitrogens with two attached hydrogens (primary N) is 1. The molecule has 3 heteroatoms. The Labute approximate surface area is 95.4 Å². The summed E-state index contributed by atoms with van der Waals surface area (Å²) in [6, 6.07) is 5.52. The SMILES string of the molecule is CC#CCOc1ccc([C@H](C)N)cc1Cl. The molecule has 0 unspecified atom stereocenters. The summed E-state index contributed by atoms with van der Waals surface area (Å²) in [6.07, 6.45) is 0. The van der Waals surface area contributed by atoms with Gasteiger partial charge in [-0.3, -0.25) is 0 Å². The third-order valence-corrected chi connectivity index (χ3v) is 2.25. The molecular formula is C12H14ClNO. The van der Waals surface area contributed by atoms with Crippen LogP contribution in [0.1, 0.15) is 25.5 Å². The van der Waals surface area contributed by atoms with Gasteiger partial charge in [0, 0.05) is 6.04 Å². The molecule has 1 rings (SSSR count). The smallest absolute Gasteiger partial charge is 0.149 e. The monoisotopic (exact) mass is 223 g/mol. The van der Waals surface area contributed by atoms with Crippen LogP contribution in [0.4, 0.5) is 0 Å². The van der Waals surface area contributed by atoms with E-state index in [1.165, 1.54) is 0 Å². The van der Waals surface area contributed by atoms with Crippen molar-refractivity contribution in [2.24, 2.45) is 5.73 Å². The highest BCUT2D eigenvalue weighted by molar-refractivity contribution is 6.32. The Bertz CT molecular complexity index is 390. The van der Waals surface area contributed by atoms with Gasteiger partial charge in [-0.15, -0.1) is 5.92 Å². The third kappa shape index (κ3) is 3.47. The van der Waals surface area contributed by atoms with E-state index in [0.29, 0.717) is 17.4 Å². The molecule has 0 fully saturated rings. The topological polar surface area (TPSA) is 35.2 Å². The molecule has 0 saturated heterocycles. The van der Waals surface area contributed by atoms with Gasteiger partial charge in [-0.05, 0) is 31.5 Å². The lowest BCUT2D eigenvalue weighted by Gasteiger charge is -2.09. The van der Waals surface area contributed by atoms with Gasteiger partial charge in [0.25, 0.3) is 0 Å². The molecule has 15 heavy (non-hydrogen) atoms. The van der Waals surface area contributed by atoms with Gasteiger partial charge >= 0.3 is 0 Å². The molecule has 0 heterocycles. The van der Waals surface area contributed by atoms with E-state index >= 15 is 0 Å². The van der Waals surface area contributed by atoms with Crippen molar-refractivity contribution in [2.75, 3.05) is 6.61 Å². The fourth-order valence-electron chi connectivity index (χ4n) is 1.10. The zero-order valence-corrected chi connectivity index (χ0v) is 9.64. The summed E-state index contributed by atoms with van der Waals surface area (Å²) >= 11 is 6.02. The Morgan fingerprint density at radius 1 is 1.53 bits per heavy atom. The molecule has 0 bridgehead atoms. The van der Waals surface area contributed by atoms with Crippen molar-refractivity contribution in [1.29, 1.82) is 0 Å². The Hall–Kier alpha value is -1.17. The molecule has 1 atom stereocenters. The Morgan fingerprint density at radius 2 is 2.27 bits per heavy atom. The fourth-order valence-corrected chi connectivity index (χ4v) is 1.35. The lowest BCUT2D eigenvalue weighted by molar-refractivity contribution is 0.370. The van der Waals surface area contributed by atoms with Crippen molar-refractivity contribution in [2.45, 2.75) is 19.9 Å². The van der Waals surface area contributed by atoms with E-state index in [9.17, 15) is 0 Å². The minimum atomic E-state index is -0.0213. The first-order chi connectivity index (χ1) is 7.15. The minimum Gasteiger partial charge on any atom is -0.479 e. The van der Waals surface area contributed by atoms with Gasteiger partial charge in [-0.1, -0.05) is 23.6 Å². The van der Waals surface area contributed by atoms with Crippen LogP contribution in [0.15, 0.2) is 18.2 Å². The van der Waals surface area contributed by atoms with Crippen molar-refractivity contribution in [3.8, 4) is 17.6 Å². The van der Waals surface area contributed by atoms with E-state index in [4.69, 9.17) is 22.1 Å². The summed E-state index contributed by atoms with van der Waals surface area (Å²) in [7, 11) is 0. The number of halogens is 1. The zero-order valence-electron chi connectivity index (χ0n) is 8.88. The standard InChI is InChI=1S/C12H14ClNO/c1-3-4-7-15-12-6-5-10(9(2)14)8-11(12)13/h5-6,8-9H,7,14H2,1-2H3/t9-/m0/s1. The highest BCUT2D eigenvalue weighted by Crippen LogP contribution is 2.27. The summed E-state index contributed by atoms with van der Waals surface area (Å²) in [5.41, 5.74) is 6.73. The van der Waals surface area contributed by atoms with Crippen LogP contribution in [0.3, 0.4) is 0 Å². The first kappa shape index (κ1) is 11.9. The molecule has 0 saturated carbocycles. The normalized spacial score (nSPS) is 11.5. The number of rotatable bonds is 3. The van der Waals surface area contributed by atoms with E-state index in [1.54, 1.807) is 6.92 Å². The fraction of sp³-hybridized carbons (Fsp3) is 0.333. The lowest BCUT2D eigenvalue weighted by atomic mass is 10.1. The van der Waals surface area contributed by atoms with Crippen LogP contribution in [-0.4, -0.2) is 6.61 Å². The van der Waals surface area contributed by atoms with Gasteiger partial charge in [-0.2, -0.15) is 0 Å². The molecule has 0 spiro atoms. The van der Waals surface area contributed by atoms with Crippen LogP contribution in [0, 0.1) is 11.8 Å². The maximum atomic E-state index is 6.02. The minimum absolute atomic E-state index is 0.0213. The van der Waals surface area contributed by atoms with Gasteiger partial charge in [-0.25, -0.2) is 0 Å². The second-order valence-electron chi connectivity index (χ2n) is 3.19. The van der Waals surface area contributed by atoms with E-state index in [0.717, 1.165) is 5.56 Å². The average molecular weight is 224 g/mol. The first-order valence-corrected chi connectivity index (χ1v) is 5.10. The van der Waals surface area contributed by atoms with E-state index in [-0.39, 0.29) is 6.04 Å². The van der Waals surface area contributed by atoms with E-state index < -0.39 is 0 Å². The van der Waals surface area contributed by atoms with Gasteiger partial charge in [0.05, 0.1) is 5.02 Å².